The molecule has 2 amide bonds. The molecule has 0 unspecified atom stereocenters. The van der Waals surface area contributed by atoms with Crippen LogP contribution in [-0.4, -0.2) is 75.4 Å². The van der Waals surface area contributed by atoms with E-state index in [-0.39, 0.29) is 40.2 Å². The third kappa shape index (κ3) is 5.72. The molecular formula is C24H36N6O4. The first kappa shape index (κ1) is 25.6. The van der Waals surface area contributed by atoms with Crippen LogP contribution < -0.4 is 16.6 Å². The number of rotatable bonds is 7. The van der Waals surface area contributed by atoms with Gasteiger partial charge in [-0.3, -0.25) is 28.8 Å². The van der Waals surface area contributed by atoms with Gasteiger partial charge in [-0.05, 0) is 31.2 Å². The number of pyridine rings is 1. The maximum absolute atomic E-state index is 13.7. The summed E-state index contributed by atoms with van der Waals surface area (Å²) in [4.78, 5) is 62.0. The van der Waals surface area contributed by atoms with Gasteiger partial charge >= 0.3 is 5.69 Å². The summed E-state index contributed by atoms with van der Waals surface area (Å²) in [6.07, 6.45) is 0.722. The van der Waals surface area contributed by atoms with Crippen LogP contribution in [0.1, 0.15) is 63.0 Å². The molecule has 1 aliphatic rings. The van der Waals surface area contributed by atoms with Gasteiger partial charge in [-0.25, -0.2) is 9.78 Å². The van der Waals surface area contributed by atoms with E-state index in [0.29, 0.717) is 51.5 Å². The van der Waals surface area contributed by atoms with E-state index in [2.05, 4.69) is 15.3 Å². The first-order valence-electron chi connectivity index (χ1n) is 12.1. The van der Waals surface area contributed by atoms with Crippen LogP contribution in [0.2, 0.25) is 0 Å². The Morgan fingerprint density at radius 1 is 1.12 bits per heavy atom. The van der Waals surface area contributed by atoms with Crippen molar-refractivity contribution in [2.24, 2.45) is 5.92 Å². The fraction of sp³-hybridized carbons (Fsp3) is 0.625. The minimum absolute atomic E-state index is 0.00884. The van der Waals surface area contributed by atoms with Crippen LogP contribution >= 0.6 is 0 Å². The summed E-state index contributed by atoms with van der Waals surface area (Å²) in [5.74, 6) is -0.125. The molecule has 0 saturated carbocycles. The molecule has 1 aliphatic heterocycles. The summed E-state index contributed by atoms with van der Waals surface area (Å²) in [5, 5.41) is 2.96. The van der Waals surface area contributed by atoms with Crippen molar-refractivity contribution in [2.75, 3.05) is 39.3 Å². The number of likely N-dealkylation sites (N-methyl/N-ethyl adjacent to an activating group) is 1. The molecule has 1 saturated heterocycles. The second kappa shape index (κ2) is 10.9. The van der Waals surface area contributed by atoms with Gasteiger partial charge in [0.25, 0.3) is 11.5 Å². The zero-order chi connectivity index (χ0) is 25.0. The lowest BCUT2D eigenvalue weighted by Gasteiger charge is -2.23. The van der Waals surface area contributed by atoms with Gasteiger partial charge in [-0.2, -0.15) is 0 Å². The van der Waals surface area contributed by atoms with Gasteiger partial charge in [0, 0.05) is 45.0 Å². The van der Waals surface area contributed by atoms with Crippen LogP contribution in [0.15, 0.2) is 15.7 Å². The van der Waals surface area contributed by atoms with Crippen molar-refractivity contribution in [3.8, 4) is 0 Å². The molecule has 3 rings (SSSR count). The molecule has 0 atom stereocenters. The molecule has 0 aliphatic carbocycles. The molecule has 0 aromatic carbocycles. The number of hydrogen-bond acceptors (Lipinski definition) is 6. The lowest BCUT2D eigenvalue weighted by molar-refractivity contribution is -0.122. The molecule has 2 aromatic rings. The Balaban J connectivity index is 2.01. The number of nitrogens with one attached hydrogen (secondary N) is 2. The SMILES string of the molecule is CCNC(=O)CN1CCCN(C(=O)c2cc(C(C)C)nc3c2c(=O)[nH]c(=O)n3CC(C)C)CC1. The third-order valence-corrected chi connectivity index (χ3v) is 5.96. The van der Waals surface area contributed by atoms with Gasteiger partial charge in [-0.1, -0.05) is 27.7 Å². The van der Waals surface area contributed by atoms with E-state index >= 15 is 0 Å². The van der Waals surface area contributed by atoms with Crippen molar-refractivity contribution in [1.29, 1.82) is 0 Å². The summed E-state index contributed by atoms with van der Waals surface area (Å²) in [6, 6.07) is 1.69. The molecule has 0 spiro atoms. The Bertz CT molecular complexity index is 1170. The Kier molecular flexibility index (Phi) is 8.24. The second-order valence-electron chi connectivity index (χ2n) is 9.59. The number of carbonyl (C=O) groups excluding carboxylic acids is 2. The van der Waals surface area contributed by atoms with Crippen LogP contribution in [0.3, 0.4) is 0 Å². The van der Waals surface area contributed by atoms with Crippen LogP contribution in [0, 0.1) is 5.92 Å². The molecular weight excluding hydrogens is 436 g/mol. The first-order valence-corrected chi connectivity index (χ1v) is 12.1. The van der Waals surface area contributed by atoms with E-state index < -0.39 is 11.2 Å². The monoisotopic (exact) mass is 472 g/mol. The van der Waals surface area contributed by atoms with Gasteiger partial charge in [0.05, 0.1) is 17.5 Å². The number of H-pyrrole nitrogens is 1. The summed E-state index contributed by atoms with van der Waals surface area (Å²) in [5.41, 5.74) is 0.0629. The molecule has 10 nitrogen and oxygen atoms in total. The number of fused-ring (bicyclic) bond motifs is 1. The van der Waals surface area contributed by atoms with Crippen molar-refractivity contribution in [2.45, 2.75) is 53.5 Å². The summed E-state index contributed by atoms with van der Waals surface area (Å²) >= 11 is 0. The molecule has 3 heterocycles. The highest BCUT2D eigenvalue weighted by Crippen LogP contribution is 2.22. The van der Waals surface area contributed by atoms with E-state index in [4.69, 9.17) is 0 Å². The second-order valence-corrected chi connectivity index (χ2v) is 9.59. The average molecular weight is 473 g/mol. The summed E-state index contributed by atoms with van der Waals surface area (Å²) in [6.45, 7) is 13.3. The van der Waals surface area contributed by atoms with Crippen molar-refractivity contribution < 1.29 is 9.59 Å². The lowest BCUT2D eigenvalue weighted by Crippen LogP contribution is -2.40. The third-order valence-electron chi connectivity index (χ3n) is 5.96. The molecule has 186 valence electrons. The Morgan fingerprint density at radius 3 is 2.50 bits per heavy atom. The molecule has 2 N–H and O–H groups in total. The Labute approximate surface area is 199 Å². The smallest absolute Gasteiger partial charge is 0.330 e. The van der Waals surface area contributed by atoms with Crippen molar-refractivity contribution in [3.05, 3.63) is 38.2 Å². The van der Waals surface area contributed by atoms with Gasteiger partial charge in [0.1, 0.15) is 0 Å². The number of aromatic amines is 1. The van der Waals surface area contributed by atoms with Crippen molar-refractivity contribution in [1.82, 2.24) is 29.7 Å². The molecule has 2 aromatic heterocycles. The minimum Gasteiger partial charge on any atom is -0.355 e. The van der Waals surface area contributed by atoms with E-state index in [0.717, 1.165) is 6.42 Å². The van der Waals surface area contributed by atoms with E-state index in [1.807, 2.05) is 39.5 Å². The van der Waals surface area contributed by atoms with E-state index in [1.165, 1.54) is 4.57 Å². The number of nitrogens with zero attached hydrogens (tertiary/aromatic N) is 4. The van der Waals surface area contributed by atoms with Gasteiger partial charge in [-0.15, -0.1) is 0 Å². The number of hydrogen-bond donors (Lipinski definition) is 2. The largest absolute Gasteiger partial charge is 0.355 e. The lowest BCUT2D eigenvalue weighted by atomic mass is 10.0. The maximum atomic E-state index is 13.7. The Hall–Kier alpha value is -3.01. The predicted octanol–water partition coefficient (Wildman–Crippen LogP) is 1.15. The first-order chi connectivity index (χ1) is 16.1. The van der Waals surface area contributed by atoms with Crippen LogP contribution in [0.5, 0.6) is 0 Å². The van der Waals surface area contributed by atoms with Gasteiger partial charge in [0.2, 0.25) is 5.91 Å². The quantitative estimate of drug-likeness (QED) is 0.624. The van der Waals surface area contributed by atoms with Crippen molar-refractivity contribution in [3.63, 3.8) is 0 Å². The zero-order valence-electron chi connectivity index (χ0n) is 20.8. The Morgan fingerprint density at radius 2 is 1.85 bits per heavy atom. The van der Waals surface area contributed by atoms with Crippen LogP contribution in [-0.2, 0) is 11.3 Å². The molecule has 0 radical (unpaired) electrons. The minimum atomic E-state index is -0.598. The molecule has 10 heteroatoms. The average Bonchev–Trinajstić information content (AvgIpc) is 3.00. The van der Waals surface area contributed by atoms with E-state index in [1.54, 1.807) is 11.0 Å². The maximum Gasteiger partial charge on any atom is 0.330 e. The summed E-state index contributed by atoms with van der Waals surface area (Å²) < 4.78 is 1.46. The highest BCUT2D eigenvalue weighted by atomic mass is 16.2. The van der Waals surface area contributed by atoms with Crippen LogP contribution in [0.4, 0.5) is 0 Å². The van der Waals surface area contributed by atoms with Crippen LogP contribution in [0.25, 0.3) is 11.0 Å². The number of aromatic nitrogens is 3. The highest BCUT2D eigenvalue weighted by molar-refractivity contribution is 6.05. The van der Waals surface area contributed by atoms with Gasteiger partial charge in [0.15, 0.2) is 5.65 Å². The number of amides is 2. The van der Waals surface area contributed by atoms with E-state index in [9.17, 15) is 19.2 Å². The normalized spacial score (nSPS) is 15.2. The summed E-state index contributed by atoms with van der Waals surface area (Å²) in [7, 11) is 0. The molecule has 34 heavy (non-hydrogen) atoms. The topological polar surface area (TPSA) is 120 Å². The van der Waals surface area contributed by atoms with Gasteiger partial charge < -0.3 is 10.2 Å². The predicted molar refractivity (Wildman–Crippen MR) is 131 cm³/mol. The molecule has 0 bridgehead atoms. The fourth-order valence-corrected chi connectivity index (χ4v) is 4.25. The zero-order valence-corrected chi connectivity index (χ0v) is 20.8. The fourth-order valence-electron chi connectivity index (χ4n) is 4.25. The number of carbonyl (C=O) groups is 2. The molecule has 1 fully saturated rings. The highest BCUT2D eigenvalue weighted by Gasteiger charge is 2.26. The van der Waals surface area contributed by atoms with Crippen molar-refractivity contribution >= 4 is 22.8 Å². The standard InChI is InChI=1S/C24H36N6O4/c1-6-25-19(31)14-28-8-7-9-29(11-10-28)23(33)17-12-18(16(4)5)26-21-20(17)22(32)27-24(34)30(21)13-15(2)3/h12,15-16H,6-11,13-14H2,1-5H3,(H,25,31)(H,27,32,34).